The smallest absolute Gasteiger partial charge is 0.119 e. The summed E-state index contributed by atoms with van der Waals surface area (Å²) in [5, 5.41) is 6.55. The molecule has 0 aliphatic rings. The number of ether oxygens (including phenoxy) is 1. The van der Waals surface area contributed by atoms with Gasteiger partial charge in [0.1, 0.15) is 5.75 Å². The van der Waals surface area contributed by atoms with Gasteiger partial charge in [0.2, 0.25) is 0 Å². The fourth-order valence-corrected chi connectivity index (χ4v) is 3.90. The quantitative estimate of drug-likeness (QED) is 0.310. The molecule has 0 saturated heterocycles. The molecule has 0 aliphatic heterocycles. The minimum atomic E-state index is 0.540. The highest BCUT2D eigenvalue weighted by Gasteiger charge is 2.13. The van der Waals surface area contributed by atoms with Gasteiger partial charge in [-0.25, -0.2) is 4.98 Å². The predicted octanol–water partition coefficient (Wildman–Crippen LogP) is 6.36. The molecule has 0 bridgehead atoms. The Hall–Kier alpha value is -2.04. The van der Waals surface area contributed by atoms with Crippen molar-refractivity contribution in [3.63, 3.8) is 0 Å². The maximum atomic E-state index is 6.22. The van der Waals surface area contributed by atoms with Crippen LogP contribution in [-0.2, 0) is 0 Å². The van der Waals surface area contributed by atoms with E-state index in [-0.39, 0.29) is 0 Å². The summed E-state index contributed by atoms with van der Waals surface area (Å²) >= 11 is 6.22. The minimum Gasteiger partial charge on any atom is -0.497 e. The zero-order valence-corrected chi connectivity index (χ0v) is 18.7. The lowest BCUT2D eigenvalue weighted by Gasteiger charge is -2.27. The molecule has 29 heavy (non-hydrogen) atoms. The summed E-state index contributed by atoms with van der Waals surface area (Å²) in [6.45, 7) is 9.82. The number of rotatable bonds is 10. The second-order valence-corrected chi connectivity index (χ2v) is 8.23. The van der Waals surface area contributed by atoms with Crippen LogP contribution >= 0.6 is 11.6 Å². The van der Waals surface area contributed by atoms with E-state index < -0.39 is 0 Å². The molecule has 5 heteroatoms. The van der Waals surface area contributed by atoms with E-state index >= 15 is 0 Å². The highest BCUT2D eigenvalue weighted by molar-refractivity contribution is 6.31. The van der Waals surface area contributed by atoms with E-state index in [0.717, 1.165) is 52.9 Å². The molecular weight excluding hydrogens is 382 g/mol. The summed E-state index contributed by atoms with van der Waals surface area (Å²) in [6, 6.07) is 12.4. The van der Waals surface area contributed by atoms with Crippen LogP contribution in [0.3, 0.4) is 0 Å². The second kappa shape index (κ2) is 10.1. The summed E-state index contributed by atoms with van der Waals surface area (Å²) in [7, 11) is 1.69. The number of aromatic nitrogens is 1. The Labute approximate surface area is 179 Å². The Kier molecular flexibility index (Phi) is 7.57. The van der Waals surface area contributed by atoms with Crippen molar-refractivity contribution < 1.29 is 4.74 Å². The molecule has 0 amide bonds. The van der Waals surface area contributed by atoms with Crippen LogP contribution in [0.5, 0.6) is 5.75 Å². The summed E-state index contributed by atoms with van der Waals surface area (Å²) in [5.41, 5.74) is 2.94. The molecule has 1 aromatic heterocycles. The first-order valence-electron chi connectivity index (χ1n) is 10.6. The third-order valence-electron chi connectivity index (χ3n) is 5.42. The largest absolute Gasteiger partial charge is 0.497 e. The number of benzene rings is 2. The van der Waals surface area contributed by atoms with Gasteiger partial charge in [-0.1, -0.05) is 31.4 Å². The lowest BCUT2D eigenvalue weighted by molar-refractivity contribution is 0.225. The van der Waals surface area contributed by atoms with E-state index in [2.05, 4.69) is 37.1 Å². The molecule has 1 N–H and O–H groups in total. The lowest BCUT2D eigenvalue weighted by atomic mass is 10.1. The number of fused-ring (bicyclic) bond motifs is 2. The normalized spacial score (nSPS) is 11.7. The topological polar surface area (TPSA) is 37.4 Å². The summed E-state index contributed by atoms with van der Waals surface area (Å²) in [6.07, 6.45) is 3.80. The van der Waals surface area contributed by atoms with Gasteiger partial charge in [-0.2, -0.15) is 0 Å². The second-order valence-electron chi connectivity index (χ2n) is 7.79. The van der Waals surface area contributed by atoms with Crippen LogP contribution < -0.4 is 10.1 Å². The van der Waals surface area contributed by atoms with Gasteiger partial charge in [-0.3, -0.25) is 4.90 Å². The first-order valence-corrected chi connectivity index (χ1v) is 11.0. The SMILES string of the molecule is CCCCCN(CCNc1c2ccc(Cl)cc2nc2ccc(OC)cc12)C(C)C. The maximum Gasteiger partial charge on any atom is 0.119 e. The molecule has 0 aliphatic carbocycles. The highest BCUT2D eigenvalue weighted by atomic mass is 35.5. The molecule has 0 fully saturated rings. The van der Waals surface area contributed by atoms with Gasteiger partial charge >= 0.3 is 0 Å². The van der Waals surface area contributed by atoms with Gasteiger partial charge in [0, 0.05) is 34.9 Å². The molecule has 0 saturated carbocycles. The van der Waals surface area contributed by atoms with Crippen LogP contribution in [0.15, 0.2) is 36.4 Å². The number of nitrogens with one attached hydrogen (secondary N) is 1. The summed E-state index contributed by atoms with van der Waals surface area (Å²) in [5.74, 6) is 0.832. The Balaban J connectivity index is 1.89. The fraction of sp³-hybridized carbons (Fsp3) is 0.458. The van der Waals surface area contributed by atoms with Gasteiger partial charge in [0.15, 0.2) is 0 Å². The van der Waals surface area contributed by atoms with Crippen molar-refractivity contribution in [3.8, 4) is 5.75 Å². The Bertz CT molecular complexity index is 958. The average molecular weight is 414 g/mol. The Morgan fingerprint density at radius 2 is 1.86 bits per heavy atom. The molecular formula is C24H32ClN3O. The van der Waals surface area contributed by atoms with Gasteiger partial charge in [0.05, 0.1) is 23.8 Å². The van der Waals surface area contributed by atoms with Gasteiger partial charge in [-0.05, 0) is 63.2 Å². The number of pyridine rings is 1. The molecule has 0 radical (unpaired) electrons. The van der Waals surface area contributed by atoms with Crippen LogP contribution in [-0.4, -0.2) is 42.7 Å². The van der Waals surface area contributed by atoms with Crippen LogP contribution in [0.2, 0.25) is 5.02 Å². The summed E-state index contributed by atoms with van der Waals surface area (Å²) in [4.78, 5) is 7.35. The lowest BCUT2D eigenvalue weighted by Crippen LogP contribution is -2.35. The molecule has 3 aromatic rings. The van der Waals surface area contributed by atoms with Crippen LogP contribution in [0.1, 0.15) is 40.0 Å². The molecule has 156 valence electrons. The molecule has 4 nitrogen and oxygen atoms in total. The van der Waals surface area contributed by atoms with Crippen LogP contribution in [0.25, 0.3) is 21.8 Å². The monoisotopic (exact) mass is 413 g/mol. The van der Waals surface area contributed by atoms with Crippen molar-refractivity contribution in [1.82, 2.24) is 9.88 Å². The maximum absolute atomic E-state index is 6.22. The first kappa shape index (κ1) is 21.7. The standard InChI is InChI=1S/C24H32ClN3O/c1-5-6-7-13-28(17(2)3)14-12-26-24-20-10-8-18(25)15-23(20)27-22-11-9-19(29-4)16-21(22)24/h8-11,15-17H,5-7,12-14H2,1-4H3,(H,26,27). The van der Waals surface area contributed by atoms with Gasteiger partial charge in [0.25, 0.3) is 0 Å². The van der Waals surface area contributed by atoms with Crippen molar-refractivity contribution in [1.29, 1.82) is 0 Å². The first-order chi connectivity index (χ1) is 14.0. The number of halogens is 1. The molecule has 1 heterocycles. The average Bonchev–Trinajstić information content (AvgIpc) is 2.71. The van der Waals surface area contributed by atoms with Crippen molar-refractivity contribution in [2.24, 2.45) is 0 Å². The molecule has 0 unspecified atom stereocenters. The van der Waals surface area contributed by atoms with Gasteiger partial charge in [-0.15, -0.1) is 0 Å². The third kappa shape index (κ3) is 5.31. The van der Waals surface area contributed by atoms with E-state index in [4.69, 9.17) is 21.3 Å². The van der Waals surface area contributed by atoms with Gasteiger partial charge < -0.3 is 10.1 Å². The molecule has 3 rings (SSSR count). The van der Waals surface area contributed by atoms with E-state index in [1.165, 1.54) is 19.3 Å². The predicted molar refractivity (Wildman–Crippen MR) is 126 cm³/mol. The number of methoxy groups -OCH3 is 1. The fourth-order valence-electron chi connectivity index (χ4n) is 3.73. The number of anilines is 1. The number of nitrogens with zero attached hydrogens (tertiary/aromatic N) is 2. The number of unbranched alkanes of at least 4 members (excludes halogenated alkanes) is 2. The molecule has 0 spiro atoms. The number of hydrogen-bond donors (Lipinski definition) is 1. The highest BCUT2D eigenvalue weighted by Crippen LogP contribution is 2.34. The Morgan fingerprint density at radius 1 is 1.03 bits per heavy atom. The van der Waals surface area contributed by atoms with Crippen molar-refractivity contribution >= 4 is 39.1 Å². The zero-order valence-electron chi connectivity index (χ0n) is 18.0. The van der Waals surface area contributed by atoms with Crippen LogP contribution in [0.4, 0.5) is 5.69 Å². The van der Waals surface area contributed by atoms with Crippen LogP contribution in [0, 0.1) is 0 Å². The van der Waals surface area contributed by atoms with E-state index in [1.54, 1.807) is 7.11 Å². The molecule has 0 atom stereocenters. The number of hydrogen-bond acceptors (Lipinski definition) is 4. The van der Waals surface area contributed by atoms with Crippen molar-refractivity contribution in [2.75, 3.05) is 32.1 Å². The van der Waals surface area contributed by atoms with E-state index in [0.29, 0.717) is 11.1 Å². The molecule has 2 aromatic carbocycles. The van der Waals surface area contributed by atoms with Crippen molar-refractivity contribution in [2.45, 2.75) is 46.1 Å². The van der Waals surface area contributed by atoms with E-state index in [1.807, 2.05) is 30.3 Å². The Morgan fingerprint density at radius 3 is 2.59 bits per heavy atom. The van der Waals surface area contributed by atoms with E-state index in [9.17, 15) is 0 Å². The zero-order chi connectivity index (χ0) is 20.8. The minimum absolute atomic E-state index is 0.540. The third-order valence-corrected chi connectivity index (χ3v) is 5.66. The van der Waals surface area contributed by atoms with Crippen molar-refractivity contribution in [3.05, 3.63) is 41.4 Å². The summed E-state index contributed by atoms with van der Waals surface area (Å²) < 4.78 is 5.45.